The van der Waals surface area contributed by atoms with E-state index in [1.165, 1.54) is 41.6 Å². The molecule has 1 aliphatic carbocycles. The van der Waals surface area contributed by atoms with E-state index in [0.29, 0.717) is 0 Å². The second-order valence-corrected chi connectivity index (χ2v) is 5.89. The molecule has 0 bridgehead atoms. The predicted molar refractivity (Wildman–Crippen MR) is 86.8 cm³/mol. The van der Waals surface area contributed by atoms with E-state index in [9.17, 15) is 0 Å². The molecule has 0 aliphatic heterocycles. The van der Waals surface area contributed by atoms with E-state index in [4.69, 9.17) is 9.97 Å². The van der Waals surface area contributed by atoms with Crippen LogP contribution in [-0.2, 0) is 19.3 Å². The fourth-order valence-corrected chi connectivity index (χ4v) is 3.11. The zero-order valence-electron chi connectivity index (χ0n) is 12.9. The number of nitrogens with one attached hydrogen (secondary N) is 1. The second kappa shape index (κ2) is 6.25. The summed E-state index contributed by atoms with van der Waals surface area (Å²) in [5.41, 5.74) is 5.17. The van der Waals surface area contributed by atoms with Crippen molar-refractivity contribution >= 4 is 5.82 Å². The lowest BCUT2D eigenvalue weighted by Crippen LogP contribution is -2.09. The van der Waals surface area contributed by atoms with E-state index < -0.39 is 0 Å². The lowest BCUT2D eigenvalue weighted by molar-refractivity contribution is 0.708. The van der Waals surface area contributed by atoms with Crippen molar-refractivity contribution in [3.63, 3.8) is 0 Å². The standard InChI is InChI=1S/C18H23N3/c1-13-7-6-8-14(11-13)12-17-20-16-10-5-3-4-9-15(16)18(19-2)21-17/h6-8,11H,3-5,9-10,12H2,1-2H3,(H,19,20,21). The van der Waals surface area contributed by atoms with E-state index in [2.05, 4.69) is 36.5 Å². The monoisotopic (exact) mass is 281 g/mol. The maximum Gasteiger partial charge on any atom is 0.135 e. The Morgan fingerprint density at radius 3 is 2.76 bits per heavy atom. The summed E-state index contributed by atoms with van der Waals surface area (Å²) in [5, 5.41) is 3.27. The molecule has 1 aromatic carbocycles. The van der Waals surface area contributed by atoms with Crippen molar-refractivity contribution in [3.05, 3.63) is 52.5 Å². The molecular weight excluding hydrogens is 258 g/mol. The zero-order chi connectivity index (χ0) is 14.7. The van der Waals surface area contributed by atoms with Crippen LogP contribution in [0, 0.1) is 6.92 Å². The number of aromatic nitrogens is 2. The average molecular weight is 281 g/mol. The largest absolute Gasteiger partial charge is 0.373 e. The van der Waals surface area contributed by atoms with E-state index in [-0.39, 0.29) is 0 Å². The molecule has 0 saturated carbocycles. The summed E-state index contributed by atoms with van der Waals surface area (Å²) in [5.74, 6) is 1.97. The van der Waals surface area contributed by atoms with Crippen molar-refractivity contribution in [2.24, 2.45) is 0 Å². The summed E-state index contributed by atoms with van der Waals surface area (Å²) in [6, 6.07) is 8.60. The molecule has 1 aliphatic rings. The fourth-order valence-electron chi connectivity index (χ4n) is 3.11. The topological polar surface area (TPSA) is 37.8 Å². The van der Waals surface area contributed by atoms with E-state index in [0.717, 1.165) is 30.9 Å². The van der Waals surface area contributed by atoms with Gasteiger partial charge in [0.25, 0.3) is 0 Å². The minimum atomic E-state index is 0.809. The van der Waals surface area contributed by atoms with Gasteiger partial charge in [0.2, 0.25) is 0 Å². The highest BCUT2D eigenvalue weighted by molar-refractivity contribution is 5.47. The minimum Gasteiger partial charge on any atom is -0.373 e. The average Bonchev–Trinajstić information content (AvgIpc) is 2.71. The van der Waals surface area contributed by atoms with Crippen molar-refractivity contribution < 1.29 is 0 Å². The molecule has 3 rings (SSSR count). The minimum absolute atomic E-state index is 0.809. The van der Waals surface area contributed by atoms with Crippen LogP contribution in [0.2, 0.25) is 0 Å². The van der Waals surface area contributed by atoms with Crippen molar-refractivity contribution in [1.29, 1.82) is 0 Å². The fraction of sp³-hybridized carbons (Fsp3) is 0.444. The molecule has 110 valence electrons. The van der Waals surface area contributed by atoms with E-state index in [1.807, 2.05) is 7.05 Å². The lowest BCUT2D eigenvalue weighted by atomic mass is 10.1. The van der Waals surface area contributed by atoms with E-state index in [1.54, 1.807) is 0 Å². The first-order valence-electron chi connectivity index (χ1n) is 7.88. The van der Waals surface area contributed by atoms with Crippen LogP contribution >= 0.6 is 0 Å². The van der Waals surface area contributed by atoms with Gasteiger partial charge < -0.3 is 5.32 Å². The third-order valence-corrected chi connectivity index (χ3v) is 4.16. The number of fused-ring (bicyclic) bond motifs is 1. The Kier molecular flexibility index (Phi) is 4.18. The Morgan fingerprint density at radius 2 is 1.95 bits per heavy atom. The molecule has 0 radical (unpaired) electrons. The molecule has 1 N–H and O–H groups in total. The first-order valence-corrected chi connectivity index (χ1v) is 7.88. The summed E-state index contributed by atoms with van der Waals surface area (Å²) in [6.45, 7) is 2.13. The van der Waals surface area contributed by atoms with Gasteiger partial charge in [-0.15, -0.1) is 0 Å². The first kappa shape index (κ1) is 14.1. The quantitative estimate of drug-likeness (QED) is 0.872. The van der Waals surface area contributed by atoms with Gasteiger partial charge in [-0.05, 0) is 38.2 Å². The Labute approximate surface area is 126 Å². The van der Waals surface area contributed by atoms with Gasteiger partial charge in [0.15, 0.2) is 0 Å². The summed E-state index contributed by atoms with van der Waals surface area (Å²) < 4.78 is 0. The number of nitrogens with zero attached hydrogens (tertiary/aromatic N) is 2. The number of hydrogen-bond donors (Lipinski definition) is 1. The molecule has 3 nitrogen and oxygen atoms in total. The predicted octanol–water partition coefficient (Wildman–Crippen LogP) is 3.69. The Balaban J connectivity index is 1.94. The highest BCUT2D eigenvalue weighted by Gasteiger charge is 2.16. The van der Waals surface area contributed by atoms with Crippen LogP contribution in [0.1, 0.15) is 47.5 Å². The molecule has 0 unspecified atom stereocenters. The molecule has 1 heterocycles. The molecule has 21 heavy (non-hydrogen) atoms. The number of benzene rings is 1. The molecule has 0 amide bonds. The van der Waals surface area contributed by atoms with Gasteiger partial charge >= 0.3 is 0 Å². The molecule has 0 saturated heterocycles. The summed E-state index contributed by atoms with van der Waals surface area (Å²) >= 11 is 0. The summed E-state index contributed by atoms with van der Waals surface area (Å²) in [7, 11) is 1.96. The normalized spacial score (nSPS) is 14.4. The first-order chi connectivity index (χ1) is 10.3. The van der Waals surface area contributed by atoms with Crippen molar-refractivity contribution in [2.75, 3.05) is 12.4 Å². The second-order valence-electron chi connectivity index (χ2n) is 5.89. The maximum absolute atomic E-state index is 4.86. The lowest BCUT2D eigenvalue weighted by Gasteiger charge is -2.13. The van der Waals surface area contributed by atoms with Gasteiger partial charge in [0.05, 0.1) is 0 Å². The van der Waals surface area contributed by atoms with E-state index >= 15 is 0 Å². The molecule has 0 spiro atoms. The highest BCUT2D eigenvalue weighted by Crippen LogP contribution is 2.25. The van der Waals surface area contributed by atoms with Crippen LogP contribution in [0.3, 0.4) is 0 Å². The molecule has 1 aromatic heterocycles. The Hall–Kier alpha value is -1.90. The molecule has 3 heteroatoms. The number of aryl methyl sites for hydroxylation is 2. The van der Waals surface area contributed by atoms with Crippen LogP contribution in [0.25, 0.3) is 0 Å². The van der Waals surface area contributed by atoms with Gasteiger partial charge in [-0.3, -0.25) is 0 Å². The maximum atomic E-state index is 4.86. The van der Waals surface area contributed by atoms with Crippen molar-refractivity contribution in [2.45, 2.75) is 45.4 Å². The molecule has 0 atom stereocenters. The Bertz CT molecular complexity index is 634. The zero-order valence-corrected chi connectivity index (χ0v) is 12.9. The smallest absolute Gasteiger partial charge is 0.135 e. The van der Waals surface area contributed by atoms with Crippen molar-refractivity contribution in [3.8, 4) is 0 Å². The Morgan fingerprint density at radius 1 is 1.10 bits per heavy atom. The summed E-state index contributed by atoms with van der Waals surface area (Å²) in [4.78, 5) is 9.60. The van der Waals surface area contributed by atoms with Crippen LogP contribution in [0.4, 0.5) is 5.82 Å². The third-order valence-electron chi connectivity index (χ3n) is 4.16. The van der Waals surface area contributed by atoms with Crippen LogP contribution in [0.15, 0.2) is 24.3 Å². The van der Waals surface area contributed by atoms with Gasteiger partial charge in [-0.25, -0.2) is 9.97 Å². The van der Waals surface area contributed by atoms with Crippen molar-refractivity contribution in [1.82, 2.24) is 9.97 Å². The molecule has 0 fully saturated rings. The third kappa shape index (κ3) is 3.23. The van der Waals surface area contributed by atoms with Crippen LogP contribution < -0.4 is 5.32 Å². The number of hydrogen-bond acceptors (Lipinski definition) is 3. The van der Waals surface area contributed by atoms with Gasteiger partial charge in [-0.1, -0.05) is 36.2 Å². The van der Waals surface area contributed by atoms with Gasteiger partial charge in [-0.2, -0.15) is 0 Å². The number of anilines is 1. The van der Waals surface area contributed by atoms with Gasteiger partial charge in [0.1, 0.15) is 11.6 Å². The van der Waals surface area contributed by atoms with Gasteiger partial charge in [0, 0.05) is 24.7 Å². The molecular formula is C18H23N3. The highest BCUT2D eigenvalue weighted by atomic mass is 15.0. The molecule has 2 aromatic rings. The summed E-state index contributed by atoms with van der Waals surface area (Å²) in [6.07, 6.45) is 6.80. The SMILES string of the molecule is CNc1nc(Cc2cccc(C)c2)nc2c1CCCCC2. The van der Waals surface area contributed by atoms with Crippen LogP contribution in [0.5, 0.6) is 0 Å². The number of rotatable bonds is 3. The van der Waals surface area contributed by atoms with Crippen LogP contribution in [-0.4, -0.2) is 17.0 Å².